The second-order valence-electron chi connectivity index (χ2n) is 4.45. The molecule has 0 aliphatic heterocycles. The normalized spacial score (nSPS) is 10.1. The average molecular weight is 368 g/mol. The zero-order valence-corrected chi connectivity index (χ0v) is 13.5. The molecule has 0 unspecified atom stereocenters. The minimum Gasteiger partial charge on any atom is -0.493 e. The number of methoxy groups -OCH3 is 1. The fourth-order valence-corrected chi connectivity index (χ4v) is 2.19. The molecule has 22 heavy (non-hydrogen) atoms. The number of carbonyl (C=O) groups excluding carboxylic acids is 1. The maximum atomic E-state index is 13.2. The Kier molecular flexibility index (Phi) is 5.77. The van der Waals surface area contributed by atoms with E-state index in [1.807, 2.05) is 6.07 Å². The molecule has 0 spiro atoms. The number of nitrogens with one attached hydrogen (secondary N) is 1. The SMILES string of the molecule is COc1ccccc1OCC(=O)NCc1cc(F)ccc1Br. The van der Waals surface area contributed by atoms with E-state index in [2.05, 4.69) is 21.2 Å². The summed E-state index contributed by atoms with van der Waals surface area (Å²) in [6.45, 7) is 0.0692. The first kappa shape index (κ1) is 16.3. The summed E-state index contributed by atoms with van der Waals surface area (Å²) in [5, 5.41) is 2.67. The van der Waals surface area contributed by atoms with Crippen LogP contribution in [-0.2, 0) is 11.3 Å². The predicted octanol–water partition coefficient (Wildman–Crippen LogP) is 3.29. The van der Waals surface area contributed by atoms with Gasteiger partial charge in [-0.2, -0.15) is 0 Å². The summed E-state index contributed by atoms with van der Waals surface area (Å²) in [6.07, 6.45) is 0. The molecule has 0 fully saturated rings. The number of hydrogen-bond acceptors (Lipinski definition) is 3. The first-order chi connectivity index (χ1) is 10.6. The summed E-state index contributed by atoms with van der Waals surface area (Å²) < 4.78 is 24.4. The van der Waals surface area contributed by atoms with Gasteiger partial charge in [0.05, 0.1) is 7.11 Å². The van der Waals surface area contributed by atoms with Crippen LogP contribution in [0.2, 0.25) is 0 Å². The van der Waals surface area contributed by atoms with E-state index in [0.29, 0.717) is 17.1 Å². The Labute approximate surface area is 136 Å². The van der Waals surface area contributed by atoms with Gasteiger partial charge in [0.1, 0.15) is 5.82 Å². The first-order valence-corrected chi connectivity index (χ1v) is 7.36. The Morgan fingerprint density at radius 2 is 1.95 bits per heavy atom. The lowest BCUT2D eigenvalue weighted by Gasteiger charge is -2.11. The minimum absolute atomic E-state index is 0.146. The van der Waals surface area contributed by atoms with Crippen molar-refractivity contribution < 1.29 is 18.7 Å². The van der Waals surface area contributed by atoms with Gasteiger partial charge in [0.15, 0.2) is 18.1 Å². The van der Waals surface area contributed by atoms with Crippen molar-refractivity contribution in [2.45, 2.75) is 6.54 Å². The highest BCUT2D eigenvalue weighted by molar-refractivity contribution is 9.10. The van der Waals surface area contributed by atoms with Crippen molar-refractivity contribution in [2.24, 2.45) is 0 Å². The second kappa shape index (κ2) is 7.79. The van der Waals surface area contributed by atoms with E-state index in [-0.39, 0.29) is 24.9 Å². The molecule has 2 rings (SSSR count). The van der Waals surface area contributed by atoms with Crippen LogP contribution >= 0.6 is 15.9 Å². The molecule has 1 N–H and O–H groups in total. The lowest BCUT2D eigenvalue weighted by atomic mass is 10.2. The number of para-hydroxylation sites is 2. The Morgan fingerprint density at radius 1 is 1.23 bits per heavy atom. The highest BCUT2D eigenvalue weighted by Gasteiger charge is 2.08. The van der Waals surface area contributed by atoms with Crippen molar-refractivity contribution in [1.82, 2.24) is 5.32 Å². The number of amides is 1. The van der Waals surface area contributed by atoms with Crippen LogP contribution in [0.15, 0.2) is 46.9 Å². The van der Waals surface area contributed by atoms with Crippen molar-refractivity contribution >= 4 is 21.8 Å². The van der Waals surface area contributed by atoms with Gasteiger partial charge in [0.25, 0.3) is 5.91 Å². The average Bonchev–Trinajstić information content (AvgIpc) is 2.54. The standard InChI is InChI=1S/C16H15BrFNO3/c1-21-14-4-2-3-5-15(14)22-10-16(20)19-9-11-8-12(18)6-7-13(11)17/h2-8H,9-10H2,1H3,(H,19,20). The molecule has 1 amide bonds. The minimum atomic E-state index is -0.349. The molecule has 0 aliphatic rings. The molecule has 0 heterocycles. The quantitative estimate of drug-likeness (QED) is 0.851. The highest BCUT2D eigenvalue weighted by atomic mass is 79.9. The van der Waals surface area contributed by atoms with Crippen LogP contribution in [0, 0.1) is 5.82 Å². The second-order valence-corrected chi connectivity index (χ2v) is 5.31. The first-order valence-electron chi connectivity index (χ1n) is 6.56. The third-order valence-corrected chi connectivity index (χ3v) is 3.69. The van der Waals surface area contributed by atoms with Crippen LogP contribution in [0.3, 0.4) is 0 Å². The van der Waals surface area contributed by atoms with E-state index in [4.69, 9.17) is 9.47 Å². The number of benzene rings is 2. The Hall–Kier alpha value is -2.08. The van der Waals surface area contributed by atoms with Crippen LogP contribution < -0.4 is 14.8 Å². The van der Waals surface area contributed by atoms with Gasteiger partial charge in [-0.3, -0.25) is 4.79 Å². The van der Waals surface area contributed by atoms with Gasteiger partial charge in [-0.1, -0.05) is 28.1 Å². The molecule has 0 aromatic heterocycles. The third-order valence-electron chi connectivity index (χ3n) is 2.91. The largest absolute Gasteiger partial charge is 0.493 e. The van der Waals surface area contributed by atoms with Crippen LogP contribution in [0.4, 0.5) is 4.39 Å². The summed E-state index contributed by atoms with van der Waals surface area (Å²) in [5.74, 6) is 0.398. The van der Waals surface area contributed by atoms with E-state index < -0.39 is 0 Å². The Morgan fingerprint density at radius 3 is 2.68 bits per heavy atom. The van der Waals surface area contributed by atoms with Crippen LogP contribution in [-0.4, -0.2) is 19.6 Å². The monoisotopic (exact) mass is 367 g/mol. The van der Waals surface area contributed by atoms with Gasteiger partial charge < -0.3 is 14.8 Å². The maximum absolute atomic E-state index is 13.2. The molecule has 116 valence electrons. The Balaban J connectivity index is 1.87. The zero-order valence-electron chi connectivity index (χ0n) is 11.9. The number of rotatable bonds is 6. The summed E-state index contributed by atoms with van der Waals surface area (Å²) >= 11 is 3.31. The van der Waals surface area contributed by atoms with Gasteiger partial charge in [0.2, 0.25) is 0 Å². The van der Waals surface area contributed by atoms with Crippen LogP contribution in [0.25, 0.3) is 0 Å². The lowest BCUT2D eigenvalue weighted by Crippen LogP contribution is -2.28. The molecule has 0 bridgehead atoms. The van der Waals surface area contributed by atoms with Crippen LogP contribution in [0.5, 0.6) is 11.5 Å². The van der Waals surface area contributed by atoms with E-state index in [1.54, 1.807) is 24.3 Å². The molecule has 2 aromatic carbocycles. The fraction of sp³-hybridized carbons (Fsp3) is 0.188. The number of hydrogen-bond donors (Lipinski definition) is 1. The summed E-state index contributed by atoms with van der Waals surface area (Å²) in [7, 11) is 1.53. The van der Waals surface area contributed by atoms with E-state index in [0.717, 1.165) is 4.47 Å². The van der Waals surface area contributed by atoms with Crippen molar-refractivity contribution in [3.63, 3.8) is 0 Å². The van der Waals surface area contributed by atoms with Gasteiger partial charge >= 0.3 is 0 Å². The third kappa shape index (κ3) is 4.46. The summed E-state index contributed by atoms with van der Waals surface area (Å²) in [4.78, 5) is 11.8. The highest BCUT2D eigenvalue weighted by Crippen LogP contribution is 2.25. The molecule has 0 radical (unpaired) electrons. The topological polar surface area (TPSA) is 47.6 Å². The predicted molar refractivity (Wildman–Crippen MR) is 84.4 cm³/mol. The van der Waals surface area contributed by atoms with Gasteiger partial charge in [-0.05, 0) is 35.9 Å². The number of ether oxygens (including phenoxy) is 2. The summed E-state index contributed by atoms with van der Waals surface area (Å²) in [6, 6.07) is 11.4. The molecular formula is C16H15BrFNO3. The fourth-order valence-electron chi connectivity index (χ4n) is 1.80. The molecule has 0 saturated heterocycles. The van der Waals surface area contributed by atoms with Crippen LogP contribution in [0.1, 0.15) is 5.56 Å². The number of halogens is 2. The van der Waals surface area contributed by atoms with E-state index in [9.17, 15) is 9.18 Å². The molecule has 0 saturated carbocycles. The number of carbonyl (C=O) groups is 1. The smallest absolute Gasteiger partial charge is 0.258 e. The maximum Gasteiger partial charge on any atom is 0.258 e. The van der Waals surface area contributed by atoms with Gasteiger partial charge in [-0.25, -0.2) is 4.39 Å². The van der Waals surface area contributed by atoms with Crippen molar-refractivity contribution in [3.05, 3.63) is 58.3 Å². The zero-order chi connectivity index (χ0) is 15.9. The molecule has 0 atom stereocenters. The van der Waals surface area contributed by atoms with Crippen molar-refractivity contribution in [2.75, 3.05) is 13.7 Å². The molecule has 0 aliphatic carbocycles. The molecular weight excluding hydrogens is 353 g/mol. The van der Waals surface area contributed by atoms with Gasteiger partial charge in [-0.15, -0.1) is 0 Å². The molecule has 2 aromatic rings. The lowest BCUT2D eigenvalue weighted by molar-refractivity contribution is -0.123. The van der Waals surface area contributed by atoms with E-state index in [1.165, 1.54) is 19.2 Å². The van der Waals surface area contributed by atoms with Crippen molar-refractivity contribution in [1.29, 1.82) is 0 Å². The molecule has 6 heteroatoms. The van der Waals surface area contributed by atoms with Crippen molar-refractivity contribution in [3.8, 4) is 11.5 Å². The molecule has 4 nitrogen and oxygen atoms in total. The van der Waals surface area contributed by atoms with E-state index >= 15 is 0 Å². The summed E-state index contributed by atoms with van der Waals surface area (Å²) in [5.41, 5.74) is 0.658. The Bertz CT molecular complexity index is 664. The van der Waals surface area contributed by atoms with Gasteiger partial charge in [0, 0.05) is 11.0 Å².